The third kappa shape index (κ3) is 10.4. The van der Waals surface area contributed by atoms with E-state index in [1.165, 1.54) is 0 Å². The molecule has 3 N–H and O–H groups in total. The van der Waals surface area contributed by atoms with Crippen LogP contribution in [-0.4, -0.2) is 84.0 Å². The summed E-state index contributed by atoms with van der Waals surface area (Å²) in [5.74, 6) is -1.16. The summed E-state index contributed by atoms with van der Waals surface area (Å²) in [6.07, 6.45) is -0.761. The Balaban J connectivity index is 2.50. The summed E-state index contributed by atoms with van der Waals surface area (Å²) < 4.78 is 0. The molecule has 154 valence electrons. The normalized spacial score (nSPS) is 13.9. The van der Waals surface area contributed by atoms with Crippen molar-refractivity contribution >= 4 is 5.97 Å². The van der Waals surface area contributed by atoms with Gasteiger partial charge in [0, 0.05) is 45.8 Å². The van der Waals surface area contributed by atoms with Crippen LogP contribution in [0.2, 0.25) is 0 Å². The number of carboxylic acids is 1. The number of nitrogens with zero attached hydrogens (tertiary/aromatic N) is 2. The smallest absolute Gasteiger partial charge is 0.0715 e. The van der Waals surface area contributed by atoms with E-state index in [9.17, 15) is 20.1 Å². The van der Waals surface area contributed by atoms with Crippen LogP contribution in [-0.2, 0) is 6.54 Å². The molecule has 0 heterocycles. The van der Waals surface area contributed by atoms with Gasteiger partial charge in [-0.25, -0.2) is 0 Å². The molecule has 1 aromatic carbocycles. The average Bonchev–Trinajstić information content (AvgIpc) is 2.61. The predicted octanol–water partition coefficient (Wildman–Crippen LogP) is -0.475. The number of carboxylic acid groups (broad SMARTS) is 1. The standard InChI is InChI=1S/C20H35N3O4/c1-4-22(15-18-5-7-19(8-6-18)20(26)27)11-12-23(14-17(3)25)10-9-21-13-16(2)24/h5-8,16-17,21,24-25H,4,9-15H2,1-3H3,(H,26,27)/p-1/t16-,17-/m0/s1. The number of carbonyl (C=O) groups is 1. The number of aromatic carboxylic acids is 1. The Bertz CT molecular complexity index is 535. The Morgan fingerprint density at radius 3 is 2.22 bits per heavy atom. The van der Waals surface area contributed by atoms with Crippen molar-refractivity contribution in [2.24, 2.45) is 0 Å². The van der Waals surface area contributed by atoms with E-state index in [-0.39, 0.29) is 11.7 Å². The Morgan fingerprint density at radius 2 is 1.70 bits per heavy atom. The van der Waals surface area contributed by atoms with Crippen LogP contribution in [0, 0.1) is 0 Å². The highest BCUT2D eigenvalue weighted by molar-refractivity contribution is 5.85. The number of rotatable bonds is 14. The number of nitrogens with one attached hydrogen (secondary N) is 1. The van der Waals surface area contributed by atoms with E-state index in [1.54, 1.807) is 26.0 Å². The number of hydrogen-bond donors (Lipinski definition) is 3. The third-order valence-electron chi connectivity index (χ3n) is 4.34. The highest BCUT2D eigenvalue weighted by atomic mass is 16.4. The van der Waals surface area contributed by atoms with Crippen molar-refractivity contribution in [3.05, 3.63) is 35.4 Å². The number of aliphatic hydroxyl groups excluding tert-OH is 2. The van der Waals surface area contributed by atoms with Gasteiger partial charge in [-0.1, -0.05) is 31.2 Å². The number of carbonyl (C=O) groups excluding carboxylic acids is 1. The van der Waals surface area contributed by atoms with Gasteiger partial charge in [0.15, 0.2) is 0 Å². The van der Waals surface area contributed by atoms with E-state index in [4.69, 9.17) is 0 Å². The lowest BCUT2D eigenvalue weighted by Gasteiger charge is -2.28. The van der Waals surface area contributed by atoms with Crippen LogP contribution in [0.25, 0.3) is 0 Å². The molecule has 0 unspecified atom stereocenters. The van der Waals surface area contributed by atoms with Crippen molar-refractivity contribution in [1.29, 1.82) is 0 Å². The summed E-state index contributed by atoms with van der Waals surface area (Å²) in [5, 5.41) is 33.1. The van der Waals surface area contributed by atoms with Crippen LogP contribution in [0.3, 0.4) is 0 Å². The molecule has 0 amide bonds. The quantitative estimate of drug-likeness (QED) is 0.375. The van der Waals surface area contributed by atoms with Crippen LogP contribution in [0.5, 0.6) is 0 Å². The van der Waals surface area contributed by atoms with Gasteiger partial charge in [-0.05, 0) is 31.5 Å². The average molecular weight is 381 g/mol. The highest BCUT2D eigenvalue weighted by Gasteiger charge is 2.11. The van der Waals surface area contributed by atoms with Gasteiger partial charge < -0.3 is 25.4 Å². The molecule has 1 aromatic rings. The zero-order valence-corrected chi connectivity index (χ0v) is 16.7. The summed E-state index contributed by atoms with van der Waals surface area (Å²) in [4.78, 5) is 15.3. The Labute approximate surface area is 162 Å². The van der Waals surface area contributed by atoms with E-state index in [0.29, 0.717) is 13.1 Å². The van der Waals surface area contributed by atoms with E-state index in [0.717, 1.165) is 44.8 Å². The molecule has 0 saturated carbocycles. The molecule has 0 fully saturated rings. The summed E-state index contributed by atoms with van der Waals surface area (Å²) in [7, 11) is 0. The Kier molecular flexibility index (Phi) is 11.2. The van der Waals surface area contributed by atoms with Crippen molar-refractivity contribution in [2.75, 3.05) is 45.8 Å². The minimum absolute atomic E-state index is 0.189. The van der Waals surface area contributed by atoms with Gasteiger partial charge >= 0.3 is 0 Å². The van der Waals surface area contributed by atoms with Crippen molar-refractivity contribution in [3.8, 4) is 0 Å². The SMILES string of the molecule is CCN(CCN(CCNC[C@H](C)O)C[C@H](C)O)Cc1ccc(C(=O)[O-])cc1. The molecule has 7 nitrogen and oxygen atoms in total. The van der Waals surface area contributed by atoms with Gasteiger partial charge in [-0.2, -0.15) is 0 Å². The maximum Gasteiger partial charge on any atom is 0.0715 e. The first-order chi connectivity index (χ1) is 12.8. The molecular weight excluding hydrogens is 346 g/mol. The molecule has 0 aliphatic heterocycles. The summed E-state index contributed by atoms with van der Waals surface area (Å²) >= 11 is 0. The van der Waals surface area contributed by atoms with Gasteiger partial charge in [0.2, 0.25) is 0 Å². The topological polar surface area (TPSA) is 99.1 Å². The zero-order valence-electron chi connectivity index (χ0n) is 16.7. The van der Waals surface area contributed by atoms with E-state index in [1.807, 2.05) is 12.1 Å². The number of hydrogen-bond acceptors (Lipinski definition) is 7. The number of aliphatic hydroxyl groups is 2. The largest absolute Gasteiger partial charge is 0.545 e. The Hall–Kier alpha value is -1.51. The second-order valence-corrected chi connectivity index (χ2v) is 7.06. The maximum absolute atomic E-state index is 10.8. The van der Waals surface area contributed by atoms with E-state index < -0.39 is 12.1 Å². The minimum atomic E-state index is -1.16. The summed E-state index contributed by atoms with van der Waals surface area (Å²) in [6, 6.07) is 6.79. The third-order valence-corrected chi connectivity index (χ3v) is 4.34. The van der Waals surface area contributed by atoms with Crippen LogP contribution < -0.4 is 10.4 Å². The minimum Gasteiger partial charge on any atom is -0.545 e. The first kappa shape index (κ1) is 23.5. The fourth-order valence-electron chi connectivity index (χ4n) is 2.85. The molecule has 0 spiro atoms. The van der Waals surface area contributed by atoms with Crippen LogP contribution in [0.1, 0.15) is 36.7 Å². The molecule has 0 aliphatic rings. The highest BCUT2D eigenvalue weighted by Crippen LogP contribution is 2.07. The summed E-state index contributed by atoms with van der Waals surface area (Å²) in [5.41, 5.74) is 1.25. The molecule has 0 saturated heterocycles. The van der Waals surface area contributed by atoms with Gasteiger partial charge in [0.1, 0.15) is 0 Å². The second-order valence-electron chi connectivity index (χ2n) is 7.06. The van der Waals surface area contributed by atoms with Crippen molar-refractivity contribution in [1.82, 2.24) is 15.1 Å². The second kappa shape index (κ2) is 12.8. The Morgan fingerprint density at radius 1 is 1.07 bits per heavy atom. The van der Waals surface area contributed by atoms with Crippen LogP contribution in [0.15, 0.2) is 24.3 Å². The van der Waals surface area contributed by atoms with E-state index >= 15 is 0 Å². The van der Waals surface area contributed by atoms with Crippen LogP contribution in [0.4, 0.5) is 0 Å². The van der Waals surface area contributed by atoms with Crippen LogP contribution >= 0.6 is 0 Å². The maximum atomic E-state index is 10.8. The predicted molar refractivity (Wildman–Crippen MR) is 104 cm³/mol. The molecule has 1 rings (SSSR count). The van der Waals surface area contributed by atoms with Gasteiger partial charge in [0.25, 0.3) is 0 Å². The van der Waals surface area contributed by atoms with Gasteiger partial charge in [-0.3, -0.25) is 9.80 Å². The summed E-state index contributed by atoms with van der Waals surface area (Å²) in [6.45, 7) is 11.7. The van der Waals surface area contributed by atoms with Gasteiger partial charge in [-0.15, -0.1) is 0 Å². The lowest BCUT2D eigenvalue weighted by Crippen LogP contribution is -2.42. The monoisotopic (exact) mass is 380 g/mol. The molecule has 2 atom stereocenters. The first-order valence-corrected chi connectivity index (χ1v) is 9.63. The zero-order chi connectivity index (χ0) is 20.2. The van der Waals surface area contributed by atoms with E-state index in [2.05, 4.69) is 22.0 Å². The van der Waals surface area contributed by atoms with Gasteiger partial charge in [0.05, 0.1) is 18.2 Å². The van der Waals surface area contributed by atoms with Crippen molar-refractivity contribution in [3.63, 3.8) is 0 Å². The molecule has 7 heteroatoms. The number of likely N-dealkylation sites (N-methyl/N-ethyl adjacent to an activating group) is 1. The van der Waals surface area contributed by atoms with Crippen molar-refractivity contribution in [2.45, 2.75) is 39.5 Å². The molecule has 0 radical (unpaired) electrons. The fraction of sp³-hybridized carbons (Fsp3) is 0.650. The van der Waals surface area contributed by atoms with Crippen molar-refractivity contribution < 1.29 is 20.1 Å². The molecule has 0 aromatic heterocycles. The first-order valence-electron chi connectivity index (χ1n) is 9.63. The lowest BCUT2D eigenvalue weighted by atomic mass is 10.1. The molecular formula is C20H34N3O4-. The fourth-order valence-corrected chi connectivity index (χ4v) is 2.85. The number of benzene rings is 1. The molecule has 0 bridgehead atoms. The lowest BCUT2D eigenvalue weighted by molar-refractivity contribution is -0.255. The molecule has 27 heavy (non-hydrogen) atoms. The molecule has 0 aliphatic carbocycles.